The Morgan fingerprint density at radius 1 is 1.57 bits per heavy atom. The average molecular weight is 194 g/mol. The molecule has 3 nitrogen and oxygen atoms in total. The van der Waals surface area contributed by atoms with Gasteiger partial charge in [0.25, 0.3) is 0 Å². The van der Waals surface area contributed by atoms with E-state index in [2.05, 4.69) is 0 Å². The largest absolute Gasteiger partial charge is 0.508 e. The normalized spacial score (nSPS) is 21.4. The minimum absolute atomic E-state index is 0.117. The maximum Gasteiger partial charge on any atom is 0.126 e. The van der Waals surface area contributed by atoms with Gasteiger partial charge in [-0.1, -0.05) is 6.07 Å². The second kappa shape index (κ2) is 3.50. The van der Waals surface area contributed by atoms with Crippen LogP contribution in [0.1, 0.15) is 24.8 Å². The van der Waals surface area contributed by atoms with E-state index in [-0.39, 0.29) is 17.8 Å². The Kier molecular flexibility index (Phi) is 2.33. The number of benzene rings is 1. The van der Waals surface area contributed by atoms with E-state index in [0.29, 0.717) is 13.0 Å². The predicted molar refractivity (Wildman–Crippen MR) is 52.6 cm³/mol. The van der Waals surface area contributed by atoms with Crippen molar-refractivity contribution in [2.75, 3.05) is 6.61 Å². The van der Waals surface area contributed by atoms with Crippen LogP contribution in [0.4, 0.5) is 0 Å². The van der Waals surface area contributed by atoms with Gasteiger partial charge in [-0.15, -0.1) is 0 Å². The molecule has 76 valence electrons. The molecule has 1 aromatic carbocycles. The summed E-state index contributed by atoms with van der Waals surface area (Å²) >= 11 is 0. The van der Waals surface area contributed by atoms with E-state index in [1.165, 1.54) is 0 Å². The van der Waals surface area contributed by atoms with Crippen molar-refractivity contribution in [3.8, 4) is 11.5 Å². The van der Waals surface area contributed by atoms with E-state index in [1.807, 2.05) is 6.07 Å². The minimum Gasteiger partial charge on any atom is -0.508 e. The zero-order valence-corrected chi connectivity index (χ0v) is 8.10. The first kappa shape index (κ1) is 9.34. The molecule has 0 radical (unpaired) electrons. The Balaban J connectivity index is 2.29. The van der Waals surface area contributed by atoms with Gasteiger partial charge in [0.2, 0.25) is 0 Å². The van der Waals surface area contributed by atoms with Crippen LogP contribution in [0.5, 0.6) is 11.5 Å². The predicted octanol–water partition coefficient (Wildman–Crippen LogP) is 1.64. The third-order valence-corrected chi connectivity index (χ3v) is 2.52. The van der Waals surface area contributed by atoms with Crippen molar-refractivity contribution >= 4 is 0 Å². The number of rotatable bonds is 2. The second-order valence-corrected chi connectivity index (χ2v) is 3.78. The fourth-order valence-electron chi connectivity index (χ4n) is 1.94. The topological polar surface area (TPSA) is 49.7 Å². The molecule has 14 heavy (non-hydrogen) atoms. The maximum absolute atomic E-state index is 9.65. The Bertz CT molecular complexity index is 333. The van der Waals surface area contributed by atoms with Gasteiger partial charge in [-0.25, -0.2) is 0 Å². The van der Waals surface area contributed by atoms with Crippen LogP contribution < -0.4 is 4.74 Å². The van der Waals surface area contributed by atoms with Crippen molar-refractivity contribution in [2.24, 2.45) is 0 Å². The minimum atomic E-state index is -0.367. The SMILES string of the molecule is CC(O)CC1COc2cccc(O)c21. The lowest BCUT2D eigenvalue weighted by Crippen LogP contribution is -2.09. The molecule has 0 aliphatic carbocycles. The van der Waals surface area contributed by atoms with Crippen LogP contribution in [-0.2, 0) is 0 Å². The summed E-state index contributed by atoms with van der Waals surface area (Å²) in [5.41, 5.74) is 0.841. The van der Waals surface area contributed by atoms with E-state index in [0.717, 1.165) is 11.3 Å². The summed E-state index contributed by atoms with van der Waals surface area (Å²) < 4.78 is 5.42. The van der Waals surface area contributed by atoms with Crippen LogP contribution >= 0.6 is 0 Å². The van der Waals surface area contributed by atoms with E-state index >= 15 is 0 Å². The molecular weight excluding hydrogens is 180 g/mol. The van der Waals surface area contributed by atoms with Gasteiger partial charge in [0.15, 0.2) is 0 Å². The van der Waals surface area contributed by atoms with Crippen LogP contribution in [0, 0.1) is 0 Å². The van der Waals surface area contributed by atoms with Crippen LogP contribution in [0.3, 0.4) is 0 Å². The third kappa shape index (κ3) is 1.55. The van der Waals surface area contributed by atoms with Crippen molar-refractivity contribution in [1.29, 1.82) is 0 Å². The lowest BCUT2D eigenvalue weighted by atomic mass is 9.95. The number of aliphatic hydroxyl groups is 1. The smallest absolute Gasteiger partial charge is 0.126 e. The van der Waals surface area contributed by atoms with E-state index in [9.17, 15) is 10.2 Å². The van der Waals surface area contributed by atoms with Crippen LogP contribution in [0.15, 0.2) is 18.2 Å². The summed E-state index contributed by atoms with van der Waals surface area (Å²) in [4.78, 5) is 0. The number of hydrogen-bond acceptors (Lipinski definition) is 3. The fourth-order valence-corrected chi connectivity index (χ4v) is 1.94. The summed E-state index contributed by atoms with van der Waals surface area (Å²) in [6.07, 6.45) is 0.263. The van der Waals surface area contributed by atoms with Gasteiger partial charge >= 0.3 is 0 Å². The molecule has 0 fully saturated rings. The Labute approximate surface area is 83.0 Å². The number of aromatic hydroxyl groups is 1. The van der Waals surface area contributed by atoms with E-state index in [1.54, 1.807) is 19.1 Å². The molecule has 1 heterocycles. The van der Waals surface area contributed by atoms with E-state index < -0.39 is 0 Å². The van der Waals surface area contributed by atoms with Crippen molar-refractivity contribution in [1.82, 2.24) is 0 Å². The first-order chi connectivity index (χ1) is 6.68. The number of phenolic OH excluding ortho intramolecular Hbond substituents is 1. The molecule has 2 atom stereocenters. The summed E-state index contributed by atoms with van der Waals surface area (Å²) in [6.45, 7) is 2.30. The molecule has 0 bridgehead atoms. The average Bonchev–Trinajstić information content (AvgIpc) is 2.49. The number of fused-ring (bicyclic) bond motifs is 1. The monoisotopic (exact) mass is 194 g/mol. The highest BCUT2D eigenvalue weighted by Crippen LogP contribution is 2.41. The first-order valence-corrected chi connectivity index (χ1v) is 4.81. The quantitative estimate of drug-likeness (QED) is 0.752. The van der Waals surface area contributed by atoms with Gasteiger partial charge in [-0.05, 0) is 25.5 Å². The summed E-state index contributed by atoms with van der Waals surface area (Å²) in [5.74, 6) is 1.13. The highest BCUT2D eigenvalue weighted by Gasteiger charge is 2.27. The Hall–Kier alpha value is -1.22. The molecule has 0 spiro atoms. The number of ether oxygens (including phenoxy) is 1. The summed E-state index contributed by atoms with van der Waals surface area (Å²) in [7, 11) is 0. The van der Waals surface area contributed by atoms with Gasteiger partial charge in [0, 0.05) is 11.5 Å². The van der Waals surface area contributed by atoms with Gasteiger partial charge in [-0.2, -0.15) is 0 Å². The van der Waals surface area contributed by atoms with Crippen LogP contribution in [0.25, 0.3) is 0 Å². The molecule has 2 rings (SSSR count). The lowest BCUT2D eigenvalue weighted by molar-refractivity contribution is 0.166. The Morgan fingerprint density at radius 2 is 2.36 bits per heavy atom. The summed E-state index contributed by atoms with van der Waals surface area (Å²) in [5, 5.41) is 18.9. The molecule has 3 heteroatoms. The molecule has 0 saturated heterocycles. The standard InChI is InChI=1S/C11H14O3/c1-7(12)5-8-6-14-10-4-2-3-9(13)11(8)10/h2-4,7-8,12-13H,5-6H2,1H3. The highest BCUT2D eigenvalue weighted by molar-refractivity contribution is 5.48. The van der Waals surface area contributed by atoms with Crippen molar-refractivity contribution in [2.45, 2.75) is 25.4 Å². The summed E-state index contributed by atoms with van der Waals surface area (Å²) in [6, 6.07) is 5.26. The van der Waals surface area contributed by atoms with Crippen molar-refractivity contribution in [3.05, 3.63) is 23.8 Å². The first-order valence-electron chi connectivity index (χ1n) is 4.81. The molecule has 1 aliphatic heterocycles. The van der Waals surface area contributed by atoms with E-state index in [4.69, 9.17) is 4.74 Å². The van der Waals surface area contributed by atoms with Gasteiger partial charge < -0.3 is 14.9 Å². The lowest BCUT2D eigenvalue weighted by Gasteiger charge is -2.11. The molecule has 1 aromatic rings. The zero-order chi connectivity index (χ0) is 10.1. The maximum atomic E-state index is 9.65. The zero-order valence-electron chi connectivity index (χ0n) is 8.10. The number of hydrogen-bond donors (Lipinski definition) is 2. The van der Waals surface area contributed by atoms with Crippen LogP contribution in [0.2, 0.25) is 0 Å². The van der Waals surface area contributed by atoms with Gasteiger partial charge in [0.1, 0.15) is 11.5 Å². The molecule has 0 saturated carbocycles. The van der Waals surface area contributed by atoms with Crippen LogP contribution in [-0.4, -0.2) is 22.9 Å². The van der Waals surface area contributed by atoms with Gasteiger partial charge in [0.05, 0.1) is 12.7 Å². The molecule has 2 unspecified atom stereocenters. The van der Waals surface area contributed by atoms with Crippen molar-refractivity contribution in [3.63, 3.8) is 0 Å². The third-order valence-electron chi connectivity index (χ3n) is 2.52. The molecule has 0 amide bonds. The fraction of sp³-hybridized carbons (Fsp3) is 0.455. The number of aliphatic hydroxyl groups excluding tert-OH is 1. The molecule has 1 aliphatic rings. The molecule has 2 N–H and O–H groups in total. The molecular formula is C11H14O3. The highest BCUT2D eigenvalue weighted by atomic mass is 16.5. The van der Waals surface area contributed by atoms with Crippen molar-refractivity contribution < 1.29 is 14.9 Å². The molecule has 0 aromatic heterocycles. The Morgan fingerprint density at radius 3 is 3.07 bits per heavy atom. The van der Waals surface area contributed by atoms with Gasteiger partial charge in [-0.3, -0.25) is 0 Å². The number of phenols is 1. The second-order valence-electron chi connectivity index (χ2n) is 3.78.